The minimum absolute atomic E-state index is 0.0505. The Bertz CT molecular complexity index is 944. The summed E-state index contributed by atoms with van der Waals surface area (Å²) in [6, 6.07) is 11.8. The van der Waals surface area contributed by atoms with Crippen molar-refractivity contribution in [1.82, 2.24) is 10.7 Å². The van der Waals surface area contributed by atoms with Crippen molar-refractivity contribution in [2.24, 2.45) is 5.10 Å². The molecule has 0 unspecified atom stereocenters. The molecule has 32 heavy (non-hydrogen) atoms. The number of hydrogen-bond acceptors (Lipinski definition) is 6. The van der Waals surface area contributed by atoms with Crippen molar-refractivity contribution in [3.63, 3.8) is 0 Å². The van der Waals surface area contributed by atoms with Gasteiger partial charge in [0.2, 0.25) is 0 Å². The molecule has 2 aromatic carbocycles. The molecule has 0 aliphatic rings. The molecule has 0 fully saturated rings. The highest BCUT2D eigenvalue weighted by Gasteiger charge is 2.21. The molecule has 3 N–H and O–H groups in total. The first-order valence-corrected chi connectivity index (χ1v) is 10.4. The van der Waals surface area contributed by atoms with Crippen molar-refractivity contribution in [3.05, 3.63) is 71.8 Å². The molecule has 0 aromatic heterocycles. The quantitative estimate of drug-likeness (QED) is 0.283. The number of alkyl carbamates (subject to hydrolysis) is 1. The largest absolute Gasteiger partial charge is 0.504 e. The number of nitrogens with one attached hydrogen (secondary N) is 2. The second-order valence-corrected chi connectivity index (χ2v) is 6.79. The van der Waals surface area contributed by atoms with Gasteiger partial charge in [-0.1, -0.05) is 36.4 Å². The molecular weight excluding hydrogens is 410 g/mol. The molecule has 0 radical (unpaired) electrons. The highest BCUT2D eigenvalue weighted by atomic mass is 16.5. The summed E-state index contributed by atoms with van der Waals surface area (Å²) in [6.45, 7) is 7.78. The van der Waals surface area contributed by atoms with Crippen molar-refractivity contribution in [2.75, 3.05) is 13.2 Å². The molecule has 0 heterocycles. The Morgan fingerprint density at radius 2 is 1.94 bits per heavy atom. The van der Waals surface area contributed by atoms with E-state index in [2.05, 4.69) is 22.4 Å². The van der Waals surface area contributed by atoms with E-state index in [-0.39, 0.29) is 18.8 Å². The van der Waals surface area contributed by atoms with Crippen LogP contribution in [0.1, 0.15) is 30.5 Å². The van der Waals surface area contributed by atoms with E-state index in [1.165, 1.54) is 6.21 Å². The third kappa shape index (κ3) is 7.46. The van der Waals surface area contributed by atoms with Gasteiger partial charge in [-0.2, -0.15) is 5.10 Å². The summed E-state index contributed by atoms with van der Waals surface area (Å²) in [7, 11) is 0. The van der Waals surface area contributed by atoms with Crippen LogP contribution in [0.15, 0.2) is 60.2 Å². The molecule has 0 saturated heterocycles. The van der Waals surface area contributed by atoms with Crippen molar-refractivity contribution in [2.45, 2.75) is 32.7 Å². The van der Waals surface area contributed by atoms with Gasteiger partial charge in [-0.05, 0) is 43.5 Å². The van der Waals surface area contributed by atoms with Crippen LogP contribution in [0.3, 0.4) is 0 Å². The molecule has 1 atom stereocenters. The highest BCUT2D eigenvalue weighted by molar-refractivity contribution is 5.88. The Balaban J connectivity index is 2.15. The summed E-state index contributed by atoms with van der Waals surface area (Å²) in [5.41, 5.74) is 4.59. The van der Waals surface area contributed by atoms with E-state index in [4.69, 9.17) is 9.47 Å². The molecule has 2 aromatic rings. The summed E-state index contributed by atoms with van der Waals surface area (Å²) in [4.78, 5) is 24.6. The molecule has 0 saturated carbocycles. The Hall–Kier alpha value is -3.81. The van der Waals surface area contributed by atoms with Crippen LogP contribution in [0, 0.1) is 0 Å². The average molecular weight is 440 g/mol. The summed E-state index contributed by atoms with van der Waals surface area (Å²) >= 11 is 0. The normalized spacial score (nSPS) is 11.6. The lowest BCUT2D eigenvalue weighted by Crippen LogP contribution is -2.47. The van der Waals surface area contributed by atoms with Gasteiger partial charge in [-0.25, -0.2) is 10.2 Å². The second kappa shape index (κ2) is 12.8. The van der Waals surface area contributed by atoms with E-state index in [1.807, 2.05) is 37.3 Å². The van der Waals surface area contributed by atoms with Crippen LogP contribution in [0.5, 0.6) is 11.5 Å². The molecule has 8 nitrogen and oxygen atoms in total. The van der Waals surface area contributed by atoms with Crippen molar-refractivity contribution in [3.8, 4) is 11.5 Å². The van der Waals surface area contributed by atoms with Gasteiger partial charge in [0.25, 0.3) is 5.91 Å². The lowest BCUT2D eigenvalue weighted by atomic mass is 10.1. The third-order valence-corrected chi connectivity index (χ3v) is 4.40. The summed E-state index contributed by atoms with van der Waals surface area (Å²) in [5.74, 6) is -0.117. The number of ether oxygens (including phenoxy) is 2. The maximum Gasteiger partial charge on any atom is 0.407 e. The predicted molar refractivity (Wildman–Crippen MR) is 123 cm³/mol. The van der Waals surface area contributed by atoms with E-state index in [9.17, 15) is 14.7 Å². The molecule has 2 rings (SSSR count). The SMILES string of the molecule is C=CCc1cc(/C=N\NC(=O)[C@H](Cc2ccccc2)NC(=O)OCC)cc(OCC)c1O. The number of benzene rings is 2. The van der Waals surface area contributed by atoms with Gasteiger partial charge in [0.15, 0.2) is 11.5 Å². The smallest absolute Gasteiger partial charge is 0.407 e. The number of hydrazone groups is 1. The molecule has 0 aliphatic carbocycles. The Morgan fingerprint density at radius 1 is 1.19 bits per heavy atom. The number of carbonyl (C=O) groups excluding carboxylic acids is 2. The van der Waals surface area contributed by atoms with Crippen molar-refractivity contribution in [1.29, 1.82) is 0 Å². The monoisotopic (exact) mass is 439 g/mol. The highest BCUT2D eigenvalue weighted by Crippen LogP contribution is 2.31. The van der Waals surface area contributed by atoms with Gasteiger partial charge in [0.1, 0.15) is 6.04 Å². The van der Waals surface area contributed by atoms with Crippen molar-refractivity contribution >= 4 is 18.2 Å². The van der Waals surface area contributed by atoms with E-state index in [0.717, 1.165) is 5.56 Å². The number of hydrogen-bond donors (Lipinski definition) is 3. The Kier molecular flexibility index (Phi) is 9.77. The van der Waals surface area contributed by atoms with Crippen molar-refractivity contribution < 1.29 is 24.2 Å². The zero-order valence-electron chi connectivity index (χ0n) is 18.3. The minimum Gasteiger partial charge on any atom is -0.504 e. The van der Waals surface area contributed by atoms with Gasteiger partial charge in [-0.15, -0.1) is 6.58 Å². The van der Waals surface area contributed by atoms with Crippen LogP contribution in [0.2, 0.25) is 0 Å². The minimum atomic E-state index is -0.872. The number of allylic oxidation sites excluding steroid dienone is 1. The number of phenols is 1. The van der Waals surface area contributed by atoms with E-state index in [0.29, 0.717) is 29.9 Å². The fraction of sp³-hybridized carbons (Fsp3) is 0.292. The van der Waals surface area contributed by atoms with Gasteiger partial charge in [0, 0.05) is 12.0 Å². The first kappa shape index (κ1) is 24.5. The fourth-order valence-corrected chi connectivity index (χ4v) is 2.96. The standard InChI is InChI=1S/C24H29N3O5/c1-4-10-19-13-18(15-21(22(19)28)31-5-2)16-25-27-23(29)20(26-24(30)32-6-3)14-17-11-8-7-9-12-17/h4,7-9,11-13,15-16,20,28H,1,5-6,10,14H2,2-3H3,(H,26,30)(H,27,29)/b25-16-/t20-/m0/s1. The summed E-state index contributed by atoms with van der Waals surface area (Å²) in [5, 5.41) is 16.9. The fourth-order valence-electron chi connectivity index (χ4n) is 2.96. The van der Waals surface area contributed by atoms with Gasteiger partial charge in [-0.3, -0.25) is 4.79 Å². The molecular formula is C24H29N3O5. The molecule has 0 spiro atoms. The van der Waals surface area contributed by atoms with Gasteiger partial charge >= 0.3 is 6.09 Å². The summed E-state index contributed by atoms with van der Waals surface area (Å²) in [6.07, 6.45) is 3.15. The molecule has 0 aliphatic heterocycles. The maximum atomic E-state index is 12.7. The summed E-state index contributed by atoms with van der Waals surface area (Å²) < 4.78 is 10.4. The third-order valence-electron chi connectivity index (χ3n) is 4.40. The van der Waals surface area contributed by atoms with Crippen LogP contribution in [-0.4, -0.2) is 42.6 Å². The zero-order valence-corrected chi connectivity index (χ0v) is 18.3. The lowest BCUT2D eigenvalue weighted by Gasteiger charge is -2.17. The maximum absolute atomic E-state index is 12.7. The number of amides is 2. The predicted octanol–water partition coefficient (Wildman–Crippen LogP) is 3.33. The average Bonchev–Trinajstić information content (AvgIpc) is 2.77. The Labute approximate surface area is 187 Å². The van der Waals surface area contributed by atoms with Crippen LogP contribution < -0.4 is 15.5 Å². The molecule has 0 bridgehead atoms. The van der Waals surface area contributed by atoms with Crippen LogP contribution in [0.4, 0.5) is 4.79 Å². The lowest BCUT2D eigenvalue weighted by molar-refractivity contribution is -0.123. The number of nitrogens with zero attached hydrogens (tertiary/aromatic N) is 1. The number of carbonyl (C=O) groups is 2. The van der Waals surface area contributed by atoms with E-state index >= 15 is 0 Å². The van der Waals surface area contributed by atoms with E-state index in [1.54, 1.807) is 25.1 Å². The van der Waals surface area contributed by atoms with Gasteiger partial charge in [0.05, 0.1) is 19.4 Å². The van der Waals surface area contributed by atoms with Crippen LogP contribution >= 0.6 is 0 Å². The van der Waals surface area contributed by atoms with Gasteiger partial charge < -0.3 is 19.9 Å². The second-order valence-electron chi connectivity index (χ2n) is 6.79. The molecule has 8 heteroatoms. The first-order valence-electron chi connectivity index (χ1n) is 10.4. The number of rotatable bonds is 11. The number of aromatic hydroxyl groups is 1. The zero-order chi connectivity index (χ0) is 23.3. The molecule has 170 valence electrons. The number of phenolic OH excluding ortho intramolecular Hbond substituents is 1. The van der Waals surface area contributed by atoms with Crippen LogP contribution in [-0.2, 0) is 22.4 Å². The van der Waals surface area contributed by atoms with E-state index < -0.39 is 18.0 Å². The topological polar surface area (TPSA) is 109 Å². The Morgan fingerprint density at radius 3 is 2.59 bits per heavy atom. The first-order chi connectivity index (χ1) is 15.5. The molecule has 2 amide bonds. The van der Waals surface area contributed by atoms with Crippen LogP contribution in [0.25, 0.3) is 0 Å².